The fourth-order valence-corrected chi connectivity index (χ4v) is 0.728. The molecule has 59 valence electrons. The van der Waals surface area contributed by atoms with Gasteiger partial charge in [0.15, 0.2) is 0 Å². The van der Waals surface area contributed by atoms with Crippen molar-refractivity contribution in [2.45, 2.75) is 6.54 Å². The van der Waals surface area contributed by atoms with E-state index in [9.17, 15) is 4.79 Å². The fraction of sp³-hybridized carbons (Fsp3) is 0.286. The van der Waals surface area contributed by atoms with Crippen molar-refractivity contribution in [1.82, 2.24) is 14.9 Å². The van der Waals surface area contributed by atoms with Gasteiger partial charge in [0.25, 0.3) is 5.91 Å². The van der Waals surface area contributed by atoms with E-state index in [1.165, 1.54) is 0 Å². The number of nitrogens with zero attached hydrogens (tertiary/aromatic N) is 2. The summed E-state index contributed by atoms with van der Waals surface area (Å²) in [6, 6.07) is 0. The summed E-state index contributed by atoms with van der Waals surface area (Å²) in [7, 11) is 1.57. The molecule has 0 bridgehead atoms. The van der Waals surface area contributed by atoms with Crippen LogP contribution in [0.25, 0.3) is 0 Å². The maximum absolute atomic E-state index is 10.9. The molecule has 11 heavy (non-hydrogen) atoms. The van der Waals surface area contributed by atoms with Gasteiger partial charge in [-0.2, -0.15) is 0 Å². The standard InChI is InChI=1S/C7H10N3O/c1-3-10-4-6(9-5-10)7(11)8-2/h4-5H,1,3H2,2H3,(H,8,11). The second-order valence-corrected chi connectivity index (χ2v) is 2.08. The lowest BCUT2D eigenvalue weighted by molar-refractivity contribution is 0.0958. The van der Waals surface area contributed by atoms with Crippen molar-refractivity contribution in [3.8, 4) is 0 Å². The molecule has 0 fully saturated rings. The first-order chi connectivity index (χ1) is 5.27. The van der Waals surface area contributed by atoms with Gasteiger partial charge in [-0.1, -0.05) is 0 Å². The number of rotatable bonds is 2. The third-order valence-electron chi connectivity index (χ3n) is 1.35. The van der Waals surface area contributed by atoms with E-state index in [2.05, 4.69) is 17.2 Å². The highest BCUT2D eigenvalue weighted by Gasteiger charge is 2.04. The van der Waals surface area contributed by atoms with Crippen LogP contribution >= 0.6 is 0 Å². The minimum absolute atomic E-state index is 0.169. The van der Waals surface area contributed by atoms with Crippen LogP contribution in [0.3, 0.4) is 0 Å². The zero-order valence-corrected chi connectivity index (χ0v) is 6.37. The van der Waals surface area contributed by atoms with Crippen molar-refractivity contribution in [1.29, 1.82) is 0 Å². The summed E-state index contributed by atoms with van der Waals surface area (Å²) in [5.74, 6) is -0.169. The molecular weight excluding hydrogens is 142 g/mol. The smallest absolute Gasteiger partial charge is 0.271 e. The van der Waals surface area contributed by atoms with Gasteiger partial charge in [-0.3, -0.25) is 4.79 Å². The zero-order valence-electron chi connectivity index (χ0n) is 6.37. The van der Waals surface area contributed by atoms with E-state index in [4.69, 9.17) is 0 Å². The van der Waals surface area contributed by atoms with E-state index < -0.39 is 0 Å². The van der Waals surface area contributed by atoms with Crippen LogP contribution in [0.15, 0.2) is 12.5 Å². The van der Waals surface area contributed by atoms with E-state index >= 15 is 0 Å². The molecule has 1 aromatic heterocycles. The lowest BCUT2D eigenvalue weighted by atomic mass is 10.4. The fourth-order valence-electron chi connectivity index (χ4n) is 0.728. The SMILES string of the molecule is [CH2]Cn1cnc(C(=O)NC)c1. The molecule has 1 heterocycles. The number of carbonyl (C=O) groups excluding carboxylic acids is 1. The second kappa shape index (κ2) is 3.18. The molecule has 0 spiro atoms. The van der Waals surface area contributed by atoms with Crippen LogP contribution in [0.4, 0.5) is 0 Å². The van der Waals surface area contributed by atoms with Crippen LogP contribution in [-0.2, 0) is 6.54 Å². The summed E-state index contributed by atoms with van der Waals surface area (Å²) in [5.41, 5.74) is 0.427. The first-order valence-electron chi connectivity index (χ1n) is 3.31. The maximum atomic E-state index is 10.9. The first-order valence-corrected chi connectivity index (χ1v) is 3.31. The van der Waals surface area contributed by atoms with Crippen molar-refractivity contribution in [3.63, 3.8) is 0 Å². The predicted octanol–water partition coefficient (Wildman–Crippen LogP) is 0.0768. The molecule has 0 aromatic carbocycles. The Morgan fingerprint density at radius 2 is 2.64 bits per heavy atom. The Labute approximate surface area is 65.2 Å². The van der Waals surface area contributed by atoms with Crippen LogP contribution in [0.1, 0.15) is 10.5 Å². The Bertz CT molecular complexity index is 254. The quantitative estimate of drug-likeness (QED) is 0.652. The van der Waals surface area contributed by atoms with Gasteiger partial charge >= 0.3 is 0 Å². The lowest BCUT2D eigenvalue weighted by Crippen LogP contribution is -2.17. The van der Waals surface area contributed by atoms with Gasteiger partial charge < -0.3 is 9.88 Å². The average molecular weight is 152 g/mol. The molecule has 0 saturated carbocycles. The predicted molar refractivity (Wildman–Crippen MR) is 41.0 cm³/mol. The Kier molecular flexibility index (Phi) is 2.25. The summed E-state index contributed by atoms with van der Waals surface area (Å²) in [4.78, 5) is 14.8. The number of aromatic nitrogens is 2. The van der Waals surface area contributed by atoms with E-state index in [0.29, 0.717) is 12.2 Å². The van der Waals surface area contributed by atoms with Gasteiger partial charge in [-0.15, -0.1) is 0 Å². The number of hydrogen-bond donors (Lipinski definition) is 1. The number of carbonyl (C=O) groups is 1. The van der Waals surface area contributed by atoms with E-state index in [1.54, 1.807) is 24.1 Å². The van der Waals surface area contributed by atoms with Gasteiger partial charge in [0, 0.05) is 19.8 Å². The topological polar surface area (TPSA) is 46.9 Å². The molecule has 4 heteroatoms. The Balaban J connectivity index is 2.80. The molecule has 0 atom stereocenters. The number of imidazole rings is 1. The van der Waals surface area contributed by atoms with Gasteiger partial charge in [0.2, 0.25) is 0 Å². The monoisotopic (exact) mass is 152 g/mol. The Morgan fingerprint density at radius 3 is 3.09 bits per heavy atom. The van der Waals surface area contributed by atoms with E-state index in [1.807, 2.05) is 0 Å². The maximum Gasteiger partial charge on any atom is 0.271 e. The molecule has 0 aliphatic heterocycles. The third kappa shape index (κ3) is 1.58. The molecule has 0 aliphatic rings. The number of amides is 1. The molecule has 1 amide bonds. The molecular formula is C7H10N3O. The lowest BCUT2D eigenvalue weighted by Gasteiger charge is -1.92. The highest BCUT2D eigenvalue weighted by atomic mass is 16.1. The molecule has 0 saturated heterocycles. The van der Waals surface area contributed by atoms with Gasteiger partial charge in [0.05, 0.1) is 6.33 Å². The third-order valence-corrected chi connectivity index (χ3v) is 1.35. The second-order valence-electron chi connectivity index (χ2n) is 2.08. The van der Waals surface area contributed by atoms with Crippen LogP contribution < -0.4 is 5.32 Å². The molecule has 1 N–H and O–H groups in total. The Morgan fingerprint density at radius 1 is 1.91 bits per heavy atom. The molecule has 4 nitrogen and oxygen atoms in total. The van der Waals surface area contributed by atoms with Crippen molar-refractivity contribution < 1.29 is 4.79 Å². The van der Waals surface area contributed by atoms with E-state index in [-0.39, 0.29) is 5.91 Å². The van der Waals surface area contributed by atoms with Crippen LogP contribution in [0, 0.1) is 6.92 Å². The van der Waals surface area contributed by atoms with Gasteiger partial charge in [-0.05, 0) is 6.92 Å². The number of nitrogens with one attached hydrogen (secondary N) is 1. The zero-order chi connectivity index (χ0) is 8.27. The van der Waals surface area contributed by atoms with Crippen LogP contribution in [0.5, 0.6) is 0 Å². The highest BCUT2D eigenvalue weighted by molar-refractivity contribution is 5.91. The molecule has 1 aromatic rings. The first kappa shape index (κ1) is 7.78. The summed E-state index contributed by atoms with van der Waals surface area (Å²) in [6.45, 7) is 4.23. The van der Waals surface area contributed by atoms with Crippen LogP contribution in [-0.4, -0.2) is 22.5 Å². The minimum Gasteiger partial charge on any atom is -0.354 e. The highest BCUT2D eigenvalue weighted by Crippen LogP contribution is 1.94. The van der Waals surface area contributed by atoms with Crippen molar-refractivity contribution in [2.75, 3.05) is 7.05 Å². The molecule has 1 rings (SSSR count). The van der Waals surface area contributed by atoms with Crippen LogP contribution in [0.2, 0.25) is 0 Å². The van der Waals surface area contributed by atoms with E-state index in [0.717, 1.165) is 0 Å². The van der Waals surface area contributed by atoms with Gasteiger partial charge in [0.1, 0.15) is 5.69 Å². The van der Waals surface area contributed by atoms with Crippen molar-refractivity contribution in [3.05, 3.63) is 25.1 Å². The van der Waals surface area contributed by atoms with Gasteiger partial charge in [-0.25, -0.2) is 4.98 Å². The summed E-state index contributed by atoms with van der Waals surface area (Å²) >= 11 is 0. The normalized spacial score (nSPS) is 9.64. The largest absolute Gasteiger partial charge is 0.354 e. The summed E-state index contributed by atoms with van der Waals surface area (Å²) < 4.78 is 1.74. The van der Waals surface area contributed by atoms with Crippen molar-refractivity contribution >= 4 is 5.91 Å². The number of hydrogen-bond acceptors (Lipinski definition) is 2. The summed E-state index contributed by atoms with van der Waals surface area (Å²) in [6.07, 6.45) is 3.24. The minimum atomic E-state index is -0.169. The summed E-state index contributed by atoms with van der Waals surface area (Å²) in [5, 5.41) is 2.48. The molecule has 1 radical (unpaired) electrons. The Hall–Kier alpha value is -1.32. The molecule has 0 aliphatic carbocycles. The van der Waals surface area contributed by atoms with Crippen molar-refractivity contribution in [2.24, 2.45) is 0 Å². The molecule has 0 unspecified atom stereocenters. The average Bonchev–Trinajstić information content (AvgIpc) is 2.50.